The lowest BCUT2D eigenvalue weighted by molar-refractivity contribution is -0.139. The largest absolute Gasteiger partial charge is 0.497 e. The molecule has 0 aromatic heterocycles. The molecular formula is C31H51N3O4. The Morgan fingerprint density at radius 2 is 1.74 bits per heavy atom. The average molecular weight is 530 g/mol. The van der Waals surface area contributed by atoms with Crippen molar-refractivity contribution in [2.45, 2.75) is 97.7 Å². The Labute approximate surface area is 230 Å². The monoisotopic (exact) mass is 529 g/mol. The first-order valence-corrected chi connectivity index (χ1v) is 14.7. The quantitative estimate of drug-likeness (QED) is 0.524. The smallest absolute Gasteiger partial charge is 0.242 e. The third-order valence-corrected chi connectivity index (χ3v) is 8.03. The zero-order chi connectivity index (χ0) is 27.5. The van der Waals surface area contributed by atoms with Crippen LogP contribution in [0.25, 0.3) is 0 Å². The van der Waals surface area contributed by atoms with Crippen LogP contribution in [0.1, 0.15) is 84.6 Å². The lowest BCUT2D eigenvalue weighted by Gasteiger charge is -2.42. The number of methoxy groups -OCH3 is 1. The molecule has 2 N–H and O–H groups in total. The number of carbonyl (C=O) groups is 2. The molecule has 1 spiro atoms. The fraction of sp³-hybridized carbons (Fsp3) is 0.742. The molecule has 2 heterocycles. The Morgan fingerprint density at radius 3 is 2.42 bits per heavy atom. The van der Waals surface area contributed by atoms with Gasteiger partial charge in [0.15, 0.2) is 0 Å². The van der Waals surface area contributed by atoms with E-state index in [0.717, 1.165) is 70.3 Å². The lowest BCUT2D eigenvalue weighted by atomic mass is 9.73. The van der Waals surface area contributed by atoms with Gasteiger partial charge in [-0.2, -0.15) is 0 Å². The standard InChI is InChI=1S/C31H51N3O4/c1-23(2)18-26-22-38-17-8-6-7-12-31(30(36)33-28(19-24(3)4)29(35)32-26)13-15-34(16-14-31)21-25-10-9-11-27(20-25)37-5/h9-11,20,23-24,26,28H,6-8,12-19,21-22H2,1-5H3,(H,32,35)(H,33,36)/t26-,28-/m0/s1. The van der Waals surface area contributed by atoms with Crippen LogP contribution >= 0.6 is 0 Å². The molecule has 2 saturated heterocycles. The van der Waals surface area contributed by atoms with E-state index in [1.165, 1.54) is 5.56 Å². The topological polar surface area (TPSA) is 79.9 Å². The summed E-state index contributed by atoms with van der Waals surface area (Å²) in [5, 5.41) is 6.46. The number of ether oxygens (including phenoxy) is 2. The van der Waals surface area contributed by atoms with Gasteiger partial charge in [-0.25, -0.2) is 0 Å². The van der Waals surface area contributed by atoms with Gasteiger partial charge >= 0.3 is 0 Å². The van der Waals surface area contributed by atoms with Crippen molar-refractivity contribution in [3.63, 3.8) is 0 Å². The number of likely N-dealkylation sites (tertiary alicyclic amines) is 1. The van der Waals surface area contributed by atoms with Crippen LogP contribution in [0.2, 0.25) is 0 Å². The number of hydrogen-bond donors (Lipinski definition) is 2. The maximum atomic E-state index is 14.0. The van der Waals surface area contributed by atoms with Gasteiger partial charge in [-0.15, -0.1) is 0 Å². The third kappa shape index (κ3) is 9.26. The van der Waals surface area contributed by atoms with Crippen molar-refractivity contribution in [3.8, 4) is 5.75 Å². The lowest BCUT2D eigenvalue weighted by Crippen LogP contribution is -2.56. The molecule has 1 aromatic rings. The first-order valence-electron chi connectivity index (χ1n) is 14.7. The fourth-order valence-electron chi connectivity index (χ4n) is 5.88. The van der Waals surface area contributed by atoms with E-state index in [0.29, 0.717) is 31.5 Å². The highest BCUT2D eigenvalue weighted by molar-refractivity contribution is 5.90. The van der Waals surface area contributed by atoms with Crippen molar-refractivity contribution >= 4 is 11.8 Å². The van der Waals surface area contributed by atoms with Gasteiger partial charge in [0, 0.05) is 13.2 Å². The number of rotatable bonds is 7. The molecule has 214 valence electrons. The van der Waals surface area contributed by atoms with Gasteiger partial charge in [-0.1, -0.05) is 52.7 Å². The molecule has 2 atom stereocenters. The van der Waals surface area contributed by atoms with Crippen LogP contribution in [-0.4, -0.2) is 62.2 Å². The summed E-state index contributed by atoms with van der Waals surface area (Å²) in [4.78, 5) is 29.8. The van der Waals surface area contributed by atoms with E-state index >= 15 is 0 Å². The summed E-state index contributed by atoms with van der Waals surface area (Å²) < 4.78 is 11.4. The zero-order valence-corrected chi connectivity index (χ0v) is 24.4. The molecular weight excluding hydrogens is 478 g/mol. The van der Waals surface area contributed by atoms with E-state index in [-0.39, 0.29) is 17.9 Å². The van der Waals surface area contributed by atoms with Gasteiger partial charge in [-0.3, -0.25) is 14.5 Å². The zero-order valence-electron chi connectivity index (χ0n) is 24.4. The van der Waals surface area contributed by atoms with E-state index in [9.17, 15) is 9.59 Å². The minimum absolute atomic E-state index is 0.0363. The number of carbonyl (C=O) groups excluding carboxylic acids is 2. The minimum atomic E-state index is -0.521. The van der Waals surface area contributed by atoms with E-state index in [4.69, 9.17) is 9.47 Å². The van der Waals surface area contributed by atoms with E-state index < -0.39 is 11.5 Å². The Hall–Kier alpha value is -2.12. The number of benzene rings is 1. The second kappa shape index (κ2) is 14.9. The maximum absolute atomic E-state index is 14.0. The van der Waals surface area contributed by atoms with Crippen LogP contribution in [0.5, 0.6) is 5.75 Å². The number of nitrogens with zero attached hydrogens (tertiary/aromatic N) is 1. The van der Waals surface area contributed by atoms with Gasteiger partial charge in [0.05, 0.1) is 25.2 Å². The molecule has 0 saturated carbocycles. The number of amides is 2. The highest BCUT2D eigenvalue weighted by Gasteiger charge is 2.42. The summed E-state index contributed by atoms with van der Waals surface area (Å²) in [6.07, 6.45) is 7.01. The molecule has 38 heavy (non-hydrogen) atoms. The molecule has 0 unspecified atom stereocenters. The van der Waals surface area contributed by atoms with Crippen LogP contribution in [0.4, 0.5) is 0 Å². The predicted octanol–water partition coefficient (Wildman–Crippen LogP) is 4.93. The molecule has 1 aromatic carbocycles. The summed E-state index contributed by atoms with van der Waals surface area (Å²) in [6.45, 7) is 12.3. The first-order chi connectivity index (χ1) is 18.2. The van der Waals surface area contributed by atoms with Crippen LogP contribution in [-0.2, 0) is 20.9 Å². The number of piperidine rings is 1. The first kappa shape index (κ1) is 30.4. The molecule has 0 radical (unpaired) electrons. The Kier molecular flexibility index (Phi) is 11.9. The summed E-state index contributed by atoms with van der Waals surface area (Å²) in [6, 6.07) is 7.65. The summed E-state index contributed by atoms with van der Waals surface area (Å²) in [7, 11) is 1.69. The SMILES string of the molecule is COc1cccc(CN2CCC3(CCCCCOC[C@H](CC(C)C)NC(=O)[C@H](CC(C)C)NC3=O)CC2)c1. The Bertz CT molecular complexity index is 880. The van der Waals surface area contributed by atoms with E-state index in [1.54, 1.807) is 7.11 Å². The van der Waals surface area contributed by atoms with Crippen LogP contribution in [0.15, 0.2) is 24.3 Å². The van der Waals surface area contributed by atoms with Crippen molar-refractivity contribution in [3.05, 3.63) is 29.8 Å². The molecule has 2 aliphatic heterocycles. The second-order valence-electron chi connectivity index (χ2n) is 12.3. The van der Waals surface area contributed by atoms with Gasteiger partial charge < -0.3 is 20.1 Å². The fourth-order valence-corrected chi connectivity index (χ4v) is 5.88. The molecule has 0 aliphatic carbocycles. The Morgan fingerprint density at radius 1 is 1.00 bits per heavy atom. The van der Waals surface area contributed by atoms with Gasteiger partial charge in [0.25, 0.3) is 0 Å². The summed E-state index contributed by atoms with van der Waals surface area (Å²) in [5.41, 5.74) is 0.795. The summed E-state index contributed by atoms with van der Waals surface area (Å²) >= 11 is 0. The van der Waals surface area contributed by atoms with E-state index in [2.05, 4.69) is 55.4 Å². The van der Waals surface area contributed by atoms with Gasteiger partial charge in [0.1, 0.15) is 11.8 Å². The van der Waals surface area contributed by atoms with E-state index in [1.807, 2.05) is 12.1 Å². The van der Waals surface area contributed by atoms with Crippen LogP contribution in [0.3, 0.4) is 0 Å². The third-order valence-electron chi connectivity index (χ3n) is 8.03. The molecule has 2 aliphatic rings. The second-order valence-corrected chi connectivity index (χ2v) is 12.3. The molecule has 0 bridgehead atoms. The molecule has 3 rings (SSSR count). The van der Waals surface area contributed by atoms with Crippen LogP contribution in [0, 0.1) is 17.3 Å². The Balaban J connectivity index is 1.73. The highest BCUT2D eigenvalue weighted by Crippen LogP contribution is 2.38. The van der Waals surface area contributed by atoms with Crippen molar-refractivity contribution < 1.29 is 19.1 Å². The molecule has 2 fully saturated rings. The maximum Gasteiger partial charge on any atom is 0.242 e. The molecule has 7 nitrogen and oxygen atoms in total. The van der Waals surface area contributed by atoms with Gasteiger partial charge in [-0.05, 0) is 81.1 Å². The highest BCUT2D eigenvalue weighted by atomic mass is 16.5. The van der Waals surface area contributed by atoms with Crippen molar-refractivity contribution in [1.29, 1.82) is 0 Å². The van der Waals surface area contributed by atoms with Crippen molar-refractivity contribution in [2.75, 3.05) is 33.4 Å². The van der Waals surface area contributed by atoms with Crippen molar-refractivity contribution in [2.24, 2.45) is 17.3 Å². The molecule has 7 heteroatoms. The average Bonchev–Trinajstić information content (AvgIpc) is 2.87. The van der Waals surface area contributed by atoms with Crippen molar-refractivity contribution in [1.82, 2.24) is 15.5 Å². The molecule has 2 amide bonds. The van der Waals surface area contributed by atoms with Crippen LogP contribution < -0.4 is 15.4 Å². The summed E-state index contributed by atoms with van der Waals surface area (Å²) in [5.74, 6) is 1.60. The predicted molar refractivity (Wildman–Crippen MR) is 152 cm³/mol. The number of hydrogen-bond acceptors (Lipinski definition) is 5. The number of nitrogens with one attached hydrogen (secondary N) is 2. The normalized spacial score (nSPS) is 24.2. The minimum Gasteiger partial charge on any atom is -0.497 e. The van der Waals surface area contributed by atoms with Gasteiger partial charge in [0.2, 0.25) is 11.8 Å².